The lowest BCUT2D eigenvalue weighted by Gasteiger charge is -2.24. The van der Waals surface area contributed by atoms with Crippen molar-refractivity contribution in [3.8, 4) is 0 Å². The summed E-state index contributed by atoms with van der Waals surface area (Å²) in [7, 11) is -3.62. The summed E-state index contributed by atoms with van der Waals surface area (Å²) in [5.41, 5.74) is 3.77. The topological polar surface area (TPSA) is 66.5 Å². The SMILES string of the molecule is CCc1ccc([C@H](C)NC(=O)c2ccc(CN(c3cccc(Cl)c3Cl)S(C)(=O)=O)cc2)cc1. The molecule has 0 fully saturated rings. The fraction of sp³-hybridized carbons (Fsp3) is 0.240. The Morgan fingerprint density at radius 2 is 1.58 bits per heavy atom. The third kappa shape index (κ3) is 6.28. The molecule has 5 nitrogen and oxygen atoms in total. The van der Waals surface area contributed by atoms with Gasteiger partial charge in [-0.05, 0) is 54.3 Å². The molecule has 0 radical (unpaired) electrons. The summed E-state index contributed by atoms with van der Waals surface area (Å²) in [4.78, 5) is 12.7. The first-order chi connectivity index (χ1) is 15.6. The van der Waals surface area contributed by atoms with E-state index < -0.39 is 10.0 Å². The van der Waals surface area contributed by atoms with Crippen LogP contribution in [0.3, 0.4) is 0 Å². The van der Waals surface area contributed by atoms with Crippen molar-refractivity contribution in [2.45, 2.75) is 32.9 Å². The fourth-order valence-electron chi connectivity index (χ4n) is 3.40. The molecule has 1 atom stereocenters. The molecule has 0 saturated heterocycles. The molecule has 0 unspecified atom stereocenters. The minimum absolute atomic E-state index is 0.0565. The Balaban J connectivity index is 1.74. The van der Waals surface area contributed by atoms with Gasteiger partial charge in [-0.25, -0.2) is 8.42 Å². The molecule has 1 N–H and O–H groups in total. The summed E-state index contributed by atoms with van der Waals surface area (Å²) in [5, 5.41) is 3.44. The van der Waals surface area contributed by atoms with Crippen molar-refractivity contribution < 1.29 is 13.2 Å². The summed E-state index contributed by atoms with van der Waals surface area (Å²) in [6.45, 7) is 4.09. The number of anilines is 1. The minimum Gasteiger partial charge on any atom is -0.346 e. The van der Waals surface area contributed by atoms with E-state index in [0.717, 1.165) is 18.2 Å². The Bertz CT molecular complexity index is 1230. The average molecular weight is 505 g/mol. The van der Waals surface area contributed by atoms with Gasteiger partial charge in [0.15, 0.2) is 0 Å². The average Bonchev–Trinajstić information content (AvgIpc) is 2.79. The van der Waals surface area contributed by atoms with Gasteiger partial charge in [0.05, 0.1) is 34.6 Å². The molecule has 0 spiro atoms. The lowest BCUT2D eigenvalue weighted by molar-refractivity contribution is 0.0940. The summed E-state index contributed by atoms with van der Waals surface area (Å²) in [6.07, 6.45) is 2.08. The van der Waals surface area contributed by atoms with Gasteiger partial charge in [0.2, 0.25) is 10.0 Å². The number of amides is 1. The summed E-state index contributed by atoms with van der Waals surface area (Å²) in [5.74, 6) is -0.202. The number of nitrogens with one attached hydrogen (secondary N) is 1. The summed E-state index contributed by atoms with van der Waals surface area (Å²) in [6, 6.07) is 19.7. The molecule has 174 valence electrons. The van der Waals surface area contributed by atoms with E-state index in [1.54, 1.807) is 42.5 Å². The highest BCUT2D eigenvalue weighted by atomic mass is 35.5. The van der Waals surface area contributed by atoms with Crippen LogP contribution in [0.4, 0.5) is 5.69 Å². The fourth-order valence-corrected chi connectivity index (χ4v) is 4.74. The predicted octanol–water partition coefficient (Wildman–Crippen LogP) is 6.01. The molecule has 0 aromatic heterocycles. The zero-order chi connectivity index (χ0) is 24.2. The molecule has 3 aromatic carbocycles. The van der Waals surface area contributed by atoms with Crippen LogP contribution in [0.2, 0.25) is 10.0 Å². The van der Waals surface area contributed by atoms with Crippen LogP contribution < -0.4 is 9.62 Å². The molecule has 0 aliphatic rings. The Morgan fingerprint density at radius 1 is 0.970 bits per heavy atom. The monoisotopic (exact) mass is 504 g/mol. The van der Waals surface area contributed by atoms with Crippen molar-refractivity contribution >= 4 is 44.8 Å². The van der Waals surface area contributed by atoms with Crippen LogP contribution in [0.25, 0.3) is 0 Å². The van der Waals surface area contributed by atoms with E-state index in [1.807, 2.05) is 19.1 Å². The first-order valence-electron chi connectivity index (χ1n) is 10.5. The van der Waals surface area contributed by atoms with Gasteiger partial charge in [-0.2, -0.15) is 0 Å². The van der Waals surface area contributed by atoms with Gasteiger partial charge >= 0.3 is 0 Å². The highest BCUT2D eigenvalue weighted by molar-refractivity contribution is 7.92. The second kappa shape index (κ2) is 10.6. The molecule has 1 amide bonds. The molecule has 3 aromatic rings. The second-order valence-corrected chi connectivity index (χ2v) is 10.5. The van der Waals surface area contributed by atoms with Gasteiger partial charge in [-0.3, -0.25) is 9.10 Å². The maximum Gasteiger partial charge on any atom is 0.251 e. The summed E-state index contributed by atoms with van der Waals surface area (Å²) < 4.78 is 26.1. The number of hydrogen-bond donors (Lipinski definition) is 1. The molecular formula is C25H26Cl2N2O3S. The molecule has 8 heteroatoms. The van der Waals surface area contributed by atoms with E-state index in [2.05, 4.69) is 24.4 Å². The maximum absolute atomic E-state index is 12.7. The number of halogens is 2. The normalized spacial score (nSPS) is 12.3. The van der Waals surface area contributed by atoms with Crippen LogP contribution in [0.5, 0.6) is 0 Å². The van der Waals surface area contributed by atoms with E-state index in [4.69, 9.17) is 23.2 Å². The number of hydrogen-bond acceptors (Lipinski definition) is 3. The Hall–Kier alpha value is -2.54. The zero-order valence-corrected chi connectivity index (χ0v) is 21.0. The quantitative estimate of drug-likeness (QED) is 0.408. The van der Waals surface area contributed by atoms with Crippen LogP contribution >= 0.6 is 23.2 Å². The van der Waals surface area contributed by atoms with Crippen LogP contribution in [-0.4, -0.2) is 20.6 Å². The number of rotatable bonds is 8. The van der Waals surface area contributed by atoms with Crippen molar-refractivity contribution in [3.63, 3.8) is 0 Å². The molecule has 33 heavy (non-hydrogen) atoms. The van der Waals surface area contributed by atoms with Crippen LogP contribution in [-0.2, 0) is 23.0 Å². The predicted molar refractivity (Wildman–Crippen MR) is 136 cm³/mol. The second-order valence-electron chi connectivity index (χ2n) is 7.83. The van der Waals surface area contributed by atoms with Gasteiger partial charge in [0.1, 0.15) is 0 Å². The maximum atomic E-state index is 12.7. The number of benzene rings is 3. The lowest BCUT2D eigenvalue weighted by Crippen LogP contribution is -2.29. The van der Waals surface area contributed by atoms with Crippen molar-refractivity contribution in [3.05, 3.63) is 99.0 Å². The third-order valence-corrected chi connectivity index (χ3v) is 7.31. The van der Waals surface area contributed by atoms with Crippen molar-refractivity contribution in [2.24, 2.45) is 0 Å². The highest BCUT2D eigenvalue weighted by Crippen LogP contribution is 2.34. The molecule has 0 heterocycles. The van der Waals surface area contributed by atoms with Crippen molar-refractivity contribution in [1.29, 1.82) is 0 Å². The smallest absolute Gasteiger partial charge is 0.251 e. The molecule has 0 bridgehead atoms. The number of aryl methyl sites for hydroxylation is 1. The molecule has 0 aliphatic carbocycles. The van der Waals surface area contributed by atoms with E-state index in [0.29, 0.717) is 16.8 Å². The Morgan fingerprint density at radius 3 is 2.15 bits per heavy atom. The Labute approximate surface area is 205 Å². The van der Waals surface area contributed by atoms with E-state index >= 15 is 0 Å². The molecule has 3 rings (SSSR count). The number of nitrogens with zero attached hydrogens (tertiary/aromatic N) is 1. The van der Waals surface area contributed by atoms with E-state index in [-0.39, 0.29) is 28.5 Å². The zero-order valence-electron chi connectivity index (χ0n) is 18.7. The number of carbonyl (C=O) groups excluding carboxylic acids is 1. The molecular weight excluding hydrogens is 479 g/mol. The van der Waals surface area contributed by atoms with Gasteiger partial charge in [0, 0.05) is 5.56 Å². The molecule has 0 saturated carbocycles. The minimum atomic E-state index is -3.62. The van der Waals surface area contributed by atoms with Crippen molar-refractivity contribution in [1.82, 2.24) is 5.32 Å². The van der Waals surface area contributed by atoms with Crippen LogP contribution in [0.1, 0.15) is 46.9 Å². The third-order valence-electron chi connectivity index (χ3n) is 5.38. The van der Waals surface area contributed by atoms with Gasteiger partial charge < -0.3 is 5.32 Å². The molecule has 0 aliphatic heterocycles. The highest BCUT2D eigenvalue weighted by Gasteiger charge is 2.22. The lowest BCUT2D eigenvalue weighted by atomic mass is 10.0. The van der Waals surface area contributed by atoms with Gasteiger partial charge in [0.25, 0.3) is 5.91 Å². The van der Waals surface area contributed by atoms with E-state index in [9.17, 15) is 13.2 Å². The van der Waals surface area contributed by atoms with Crippen LogP contribution in [0, 0.1) is 0 Å². The van der Waals surface area contributed by atoms with Crippen LogP contribution in [0.15, 0.2) is 66.7 Å². The van der Waals surface area contributed by atoms with Gasteiger partial charge in [-0.15, -0.1) is 0 Å². The summed E-state index contributed by atoms with van der Waals surface area (Å²) >= 11 is 12.3. The largest absolute Gasteiger partial charge is 0.346 e. The standard InChI is InChI=1S/C25H26Cl2N2O3S/c1-4-18-8-12-20(13-9-18)17(2)28-25(30)21-14-10-19(11-15-21)16-29(33(3,31)32)23-7-5-6-22(26)24(23)27/h5-15,17H,4,16H2,1-3H3,(H,28,30)/t17-/m0/s1. The first-order valence-corrected chi connectivity index (χ1v) is 13.1. The van der Waals surface area contributed by atoms with E-state index in [1.165, 1.54) is 9.87 Å². The van der Waals surface area contributed by atoms with Crippen molar-refractivity contribution in [2.75, 3.05) is 10.6 Å². The van der Waals surface area contributed by atoms with Gasteiger partial charge in [-0.1, -0.05) is 72.6 Å². The first kappa shape index (κ1) is 25.1. The Kier molecular flexibility index (Phi) is 8.05. The number of carbonyl (C=O) groups is 1. The number of sulfonamides is 1.